The summed E-state index contributed by atoms with van der Waals surface area (Å²) in [6.45, 7) is 3.23. The predicted molar refractivity (Wildman–Crippen MR) is 71.1 cm³/mol. The zero-order valence-electron chi connectivity index (χ0n) is 10.5. The Morgan fingerprint density at radius 1 is 1.32 bits per heavy atom. The molecule has 3 rings (SSSR count). The second-order valence-electron chi connectivity index (χ2n) is 4.31. The summed E-state index contributed by atoms with van der Waals surface area (Å²) >= 11 is 0. The second-order valence-corrected chi connectivity index (χ2v) is 4.31. The zero-order chi connectivity index (χ0) is 13.2. The molecule has 0 amide bonds. The fourth-order valence-corrected chi connectivity index (χ4v) is 1.92. The summed E-state index contributed by atoms with van der Waals surface area (Å²) in [5, 5.41) is 12.7. The average molecular weight is 258 g/mol. The molecule has 5 nitrogen and oxygen atoms in total. The van der Waals surface area contributed by atoms with E-state index in [1.54, 1.807) is 30.5 Å². The van der Waals surface area contributed by atoms with Crippen LogP contribution in [0.15, 0.2) is 30.5 Å². The number of rotatable bonds is 2. The van der Waals surface area contributed by atoms with Gasteiger partial charge in [-0.1, -0.05) is 6.07 Å². The molecule has 0 saturated carbocycles. The summed E-state index contributed by atoms with van der Waals surface area (Å²) in [5.41, 5.74) is 0.937. The zero-order valence-corrected chi connectivity index (χ0v) is 10.5. The van der Waals surface area contributed by atoms with Gasteiger partial charge in [0.05, 0.1) is 6.54 Å². The molecule has 0 bridgehead atoms. The lowest BCUT2D eigenvalue weighted by Crippen LogP contribution is -2.19. The third kappa shape index (κ3) is 2.27. The molecule has 5 heteroatoms. The first kappa shape index (κ1) is 11.6. The number of aromatic hydroxyl groups is 1. The van der Waals surface area contributed by atoms with Gasteiger partial charge in [-0.2, -0.15) is 0 Å². The molecule has 0 fully saturated rings. The number of nitrogens with one attached hydrogen (secondary N) is 1. The van der Waals surface area contributed by atoms with Crippen LogP contribution in [0.4, 0.5) is 5.82 Å². The summed E-state index contributed by atoms with van der Waals surface area (Å²) in [5.74, 6) is 2.65. The lowest BCUT2D eigenvalue weighted by atomic mass is 10.2. The van der Waals surface area contributed by atoms with E-state index in [0.717, 1.165) is 12.1 Å². The van der Waals surface area contributed by atoms with Crippen molar-refractivity contribution in [1.82, 2.24) is 4.98 Å². The maximum atomic E-state index is 9.52. The fraction of sp³-hybridized carbons (Fsp3) is 0.214. The average Bonchev–Trinajstić information content (AvgIpc) is 2.43. The van der Waals surface area contributed by atoms with E-state index in [1.165, 1.54) is 0 Å². The number of aryl methyl sites for hydroxylation is 1. The molecule has 2 aromatic rings. The minimum Gasteiger partial charge on any atom is -0.508 e. The molecule has 1 aromatic heterocycles. The third-order valence-corrected chi connectivity index (χ3v) is 2.90. The first-order valence-electron chi connectivity index (χ1n) is 6.07. The van der Waals surface area contributed by atoms with Crippen molar-refractivity contribution >= 4 is 5.82 Å². The summed E-state index contributed by atoms with van der Waals surface area (Å²) in [7, 11) is 0. The number of hydrogen-bond donors (Lipinski definition) is 2. The van der Waals surface area contributed by atoms with Gasteiger partial charge in [-0.25, -0.2) is 4.98 Å². The molecule has 0 saturated heterocycles. The van der Waals surface area contributed by atoms with Crippen LogP contribution in [0.25, 0.3) is 0 Å². The fourth-order valence-electron chi connectivity index (χ4n) is 1.92. The van der Waals surface area contributed by atoms with Gasteiger partial charge in [0.2, 0.25) is 5.75 Å². The van der Waals surface area contributed by atoms with E-state index in [2.05, 4.69) is 10.3 Å². The van der Waals surface area contributed by atoms with Crippen LogP contribution in [0.3, 0.4) is 0 Å². The van der Waals surface area contributed by atoms with Crippen LogP contribution < -0.4 is 14.8 Å². The van der Waals surface area contributed by atoms with Gasteiger partial charge in [0, 0.05) is 18.3 Å². The first-order valence-corrected chi connectivity index (χ1v) is 6.07. The normalized spacial score (nSPS) is 13.1. The third-order valence-electron chi connectivity index (χ3n) is 2.90. The van der Waals surface area contributed by atoms with Gasteiger partial charge < -0.3 is 19.9 Å². The number of phenolic OH excluding ortho intramolecular Hbond substituents is 1. The molecule has 1 aliphatic heterocycles. The Labute approximate surface area is 110 Å². The SMILES string of the molecule is Cc1ccc(O)cc1Oc1ccnc2c1OCCN2. The van der Waals surface area contributed by atoms with E-state index in [0.29, 0.717) is 29.7 Å². The van der Waals surface area contributed by atoms with Gasteiger partial charge >= 0.3 is 0 Å². The monoisotopic (exact) mass is 258 g/mol. The number of phenols is 1. The Kier molecular flexibility index (Phi) is 2.87. The minimum atomic E-state index is 0.169. The minimum absolute atomic E-state index is 0.169. The first-order chi connectivity index (χ1) is 9.24. The molecule has 0 unspecified atom stereocenters. The number of ether oxygens (including phenoxy) is 2. The highest BCUT2D eigenvalue weighted by Crippen LogP contribution is 2.39. The molecule has 2 heterocycles. The van der Waals surface area contributed by atoms with Crippen LogP contribution in [0.5, 0.6) is 23.0 Å². The van der Waals surface area contributed by atoms with Crippen molar-refractivity contribution < 1.29 is 14.6 Å². The van der Waals surface area contributed by atoms with Crippen molar-refractivity contribution in [3.05, 3.63) is 36.0 Å². The maximum Gasteiger partial charge on any atom is 0.204 e. The Bertz CT molecular complexity index is 614. The van der Waals surface area contributed by atoms with E-state index in [9.17, 15) is 5.11 Å². The highest BCUT2D eigenvalue weighted by atomic mass is 16.5. The number of anilines is 1. The predicted octanol–water partition coefficient (Wildman–Crippen LogP) is 2.69. The van der Waals surface area contributed by atoms with E-state index in [1.807, 2.05) is 6.92 Å². The summed E-state index contributed by atoms with van der Waals surface area (Å²) < 4.78 is 11.4. The van der Waals surface area contributed by atoms with Crippen LogP contribution >= 0.6 is 0 Å². The number of nitrogens with zero attached hydrogens (tertiary/aromatic N) is 1. The molecular formula is C14H14N2O3. The van der Waals surface area contributed by atoms with Crippen LogP contribution in [0.2, 0.25) is 0 Å². The van der Waals surface area contributed by atoms with E-state index < -0.39 is 0 Å². The van der Waals surface area contributed by atoms with Crippen LogP contribution in [0, 0.1) is 6.92 Å². The van der Waals surface area contributed by atoms with Crippen molar-refractivity contribution in [2.24, 2.45) is 0 Å². The summed E-state index contributed by atoms with van der Waals surface area (Å²) in [6.07, 6.45) is 1.66. The highest BCUT2D eigenvalue weighted by molar-refractivity contribution is 5.60. The van der Waals surface area contributed by atoms with Gasteiger partial charge in [0.15, 0.2) is 11.6 Å². The van der Waals surface area contributed by atoms with Crippen LogP contribution in [0.1, 0.15) is 5.56 Å². The molecule has 98 valence electrons. The lowest BCUT2D eigenvalue weighted by molar-refractivity contribution is 0.304. The van der Waals surface area contributed by atoms with Crippen molar-refractivity contribution in [3.8, 4) is 23.0 Å². The van der Waals surface area contributed by atoms with Gasteiger partial charge in [-0.3, -0.25) is 0 Å². The Balaban J connectivity index is 1.97. The van der Waals surface area contributed by atoms with Gasteiger partial charge in [-0.05, 0) is 18.6 Å². The summed E-state index contributed by atoms with van der Waals surface area (Å²) in [4.78, 5) is 4.20. The largest absolute Gasteiger partial charge is 0.508 e. The van der Waals surface area contributed by atoms with Crippen LogP contribution in [-0.4, -0.2) is 23.2 Å². The smallest absolute Gasteiger partial charge is 0.204 e. The van der Waals surface area contributed by atoms with E-state index in [-0.39, 0.29) is 5.75 Å². The van der Waals surface area contributed by atoms with Crippen molar-refractivity contribution in [1.29, 1.82) is 0 Å². The van der Waals surface area contributed by atoms with Gasteiger partial charge in [0.25, 0.3) is 0 Å². The number of aromatic nitrogens is 1. The molecule has 0 spiro atoms. The summed E-state index contributed by atoms with van der Waals surface area (Å²) in [6, 6.07) is 6.76. The topological polar surface area (TPSA) is 63.6 Å². The molecule has 19 heavy (non-hydrogen) atoms. The van der Waals surface area contributed by atoms with E-state index >= 15 is 0 Å². The van der Waals surface area contributed by atoms with Gasteiger partial charge in [-0.15, -0.1) is 0 Å². The van der Waals surface area contributed by atoms with Gasteiger partial charge in [0.1, 0.15) is 18.1 Å². The quantitative estimate of drug-likeness (QED) is 0.867. The lowest BCUT2D eigenvalue weighted by Gasteiger charge is -2.20. The number of benzene rings is 1. The molecule has 0 atom stereocenters. The Hall–Kier alpha value is -2.43. The van der Waals surface area contributed by atoms with Crippen LogP contribution in [-0.2, 0) is 0 Å². The Morgan fingerprint density at radius 3 is 3.11 bits per heavy atom. The standard InChI is InChI=1S/C14H14N2O3/c1-9-2-3-10(17)8-12(9)19-11-4-5-15-14-13(11)18-7-6-16-14/h2-5,8,17H,6-7H2,1H3,(H,15,16). The Morgan fingerprint density at radius 2 is 2.21 bits per heavy atom. The molecule has 2 N–H and O–H groups in total. The molecule has 0 aliphatic carbocycles. The number of fused-ring (bicyclic) bond motifs is 1. The molecular weight excluding hydrogens is 244 g/mol. The van der Waals surface area contributed by atoms with E-state index in [4.69, 9.17) is 9.47 Å². The van der Waals surface area contributed by atoms with Crippen molar-refractivity contribution in [2.75, 3.05) is 18.5 Å². The van der Waals surface area contributed by atoms with Crippen molar-refractivity contribution in [2.45, 2.75) is 6.92 Å². The molecule has 1 aromatic carbocycles. The maximum absolute atomic E-state index is 9.52. The number of hydrogen-bond acceptors (Lipinski definition) is 5. The second kappa shape index (κ2) is 4.68. The highest BCUT2D eigenvalue weighted by Gasteiger charge is 2.17. The molecule has 0 radical (unpaired) electrons. The number of pyridine rings is 1. The molecule has 1 aliphatic rings. The van der Waals surface area contributed by atoms with Crippen molar-refractivity contribution in [3.63, 3.8) is 0 Å².